The second-order valence-corrected chi connectivity index (χ2v) is 23.8. The van der Waals surface area contributed by atoms with E-state index in [0.29, 0.717) is 6.42 Å². The van der Waals surface area contributed by atoms with Gasteiger partial charge in [-0.05, 0) is 230 Å². The fraction of sp³-hybridized carbons (Fsp3) is 0.784. The van der Waals surface area contributed by atoms with Gasteiger partial charge >= 0.3 is 5.97 Å². The predicted molar refractivity (Wildman–Crippen MR) is 200 cm³/mol. The number of rotatable bonds is 5. The Morgan fingerprint density at radius 1 is 0.660 bits per heavy atom. The predicted octanol–water partition coefficient (Wildman–Crippen LogP) is 9.47. The number of benzene rings is 1. The molecule has 28 atom stereocenters. The van der Waals surface area contributed by atoms with Crippen molar-refractivity contribution < 1.29 is 9.53 Å². The van der Waals surface area contributed by atoms with Crippen molar-refractivity contribution in [2.24, 2.45) is 160 Å². The summed E-state index contributed by atoms with van der Waals surface area (Å²) in [5, 5.41) is 0. The molecular formula is C51H58O2. The van der Waals surface area contributed by atoms with E-state index in [2.05, 4.69) is 53.1 Å². The first-order chi connectivity index (χ1) is 26.2. The lowest BCUT2D eigenvalue weighted by Crippen LogP contribution is -2.64. The lowest BCUT2D eigenvalue weighted by Gasteiger charge is -2.67. The zero-order valence-corrected chi connectivity index (χ0v) is 31.6. The topological polar surface area (TPSA) is 26.3 Å². The molecule has 13 saturated carbocycles. The van der Waals surface area contributed by atoms with Crippen LogP contribution < -0.4 is 0 Å². The Hall–Kier alpha value is -1.83. The van der Waals surface area contributed by atoms with Crippen LogP contribution in [0.1, 0.15) is 76.2 Å². The normalized spacial score (nSPS) is 67.0. The maximum Gasteiger partial charge on any atom is 0.305 e. The van der Waals surface area contributed by atoms with Crippen LogP contribution >= 0.6 is 0 Å². The number of esters is 1. The quantitative estimate of drug-likeness (QED) is 0.226. The minimum absolute atomic E-state index is 0.0240. The summed E-state index contributed by atoms with van der Waals surface area (Å²) in [6.45, 7) is 0. The van der Waals surface area contributed by atoms with Gasteiger partial charge in [0, 0.05) is 11.8 Å². The molecule has 28 unspecified atom stereocenters. The molecule has 0 amide bonds. The van der Waals surface area contributed by atoms with Gasteiger partial charge in [-0.25, -0.2) is 0 Å². The van der Waals surface area contributed by atoms with Crippen LogP contribution in [0.25, 0.3) is 0 Å². The average molecular weight is 703 g/mol. The van der Waals surface area contributed by atoms with Gasteiger partial charge in [-0.1, -0.05) is 53.1 Å². The van der Waals surface area contributed by atoms with E-state index in [9.17, 15) is 4.79 Å². The second kappa shape index (κ2) is 8.69. The third-order valence-corrected chi connectivity index (χ3v) is 24.4. The minimum atomic E-state index is 0.0240. The van der Waals surface area contributed by atoms with Gasteiger partial charge in [-0.15, -0.1) is 0 Å². The SMILES string of the molecule is COC(=O)CCCC1(c2ccccc2)C2CCC3C=C4CC5CC6=C7C5C5C4C4C8C5C5C7C7C(C6)CC6CC9CC2C2C%10C9C6C7C5C%10C8C2C1C34. The van der Waals surface area contributed by atoms with Crippen molar-refractivity contribution >= 4 is 5.97 Å². The average Bonchev–Trinajstić information content (AvgIpc) is 3.97. The van der Waals surface area contributed by atoms with Crippen LogP contribution in [0.3, 0.4) is 0 Å². The van der Waals surface area contributed by atoms with E-state index in [1.807, 2.05) is 0 Å². The molecule has 2 nitrogen and oxygen atoms in total. The molecule has 2 bridgehead atoms. The van der Waals surface area contributed by atoms with Crippen molar-refractivity contribution in [2.45, 2.75) is 76.0 Å². The zero-order chi connectivity index (χ0) is 33.7. The van der Waals surface area contributed by atoms with E-state index in [1.165, 1.54) is 32.1 Å². The van der Waals surface area contributed by atoms with Gasteiger partial charge in [0.2, 0.25) is 0 Å². The minimum Gasteiger partial charge on any atom is -0.469 e. The summed E-state index contributed by atoms with van der Waals surface area (Å²) < 4.78 is 5.36. The number of methoxy groups -OCH3 is 1. The smallest absolute Gasteiger partial charge is 0.305 e. The highest BCUT2D eigenvalue weighted by molar-refractivity contribution is 5.69. The van der Waals surface area contributed by atoms with Crippen LogP contribution in [-0.2, 0) is 14.9 Å². The summed E-state index contributed by atoms with van der Waals surface area (Å²) in [6, 6.07) is 12.4. The molecule has 17 rings (SSSR count). The van der Waals surface area contributed by atoms with E-state index < -0.39 is 0 Å². The van der Waals surface area contributed by atoms with Crippen molar-refractivity contribution in [3.05, 3.63) is 58.7 Å². The molecule has 53 heavy (non-hydrogen) atoms. The Morgan fingerprint density at radius 3 is 2.25 bits per heavy atom. The highest BCUT2D eigenvalue weighted by Crippen LogP contribution is 2.92. The molecule has 0 aromatic heterocycles. The van der Waals surface area contributed by atoms with Crippen LogP contribution in [0.15, 0.2) is 53.1 Å². The lowest BCUT2D eigenvalue weighted by molar-refractivity contribution is -0.165. The number of hydrogen-bond donors (Lipinski definition) is 0. The lowest BCUT2D eigenvalue weighted by atomic mass is 9.37. The van der Waals surface area contributed by atoms with Gasteiger partial charge in [0.15, 0.2) is 0 Å². The third kappa shape index (κ3) is 2.64. The highest BCUT2D eigenvalue weighted by atomic mass is 16.5. The maximum atomic E-state index is 12.9. The summed E-state index contributed by atoms with van der Waals surface area (Å²) in [7, 11) is 1.62. The van der Waals surface area contributed by atoms with Gasteiger partial charge in [0.1, 0.15) is 0 Å². The number of carbonyl (C=O) groups excluding carboxylic acids is 1. The van der Waals surface area contributed by atoms with Gasteiger partial charge in [0.05, 0.1) is 7.11 Å². The van der Waals surface area contributed by atoms with Crippen LogP contribution in [0.4, 0.5) is 0 Å². The summed E-state index contributed by atoms with van der Waals surface area (Å²) in [5.41, 5.74) is 8.36. The van der Waals surface area contributed by atoms with Crippen LogP contribution in [-0.4, -0.2) is 13.1 Å². The Bertz CT molecular complexity index is 2010. The first-order valence-electron chi connectivity index (χ1n) is 23.7. The Balaban J connectivity index is 0.988. The molecule has 0 spiro atoms. The Labute approximate surface area is 316 Å². The summed E-state index contributed by atoms with van der Waals surface area (Å²) in [6.07, 6.45) is 18.4. The molecule has 0 N–H and O–H groups in total. The summed E-state index contributed by atoms with van der Waals surface area (Å²) in [4.78, 5) is 12.9. The molecule has 1 aromatic carbocycles. The molecule has 0 heterocycles. The first-order valence-corrected chi connectivity index (χ1v) is 23.7. The molecule has 0 saturated heterocycles. The van der Waals surface area contributed by atoms with Crippen molar-refractivity contribution in [1.29, 1.82) is 0 Å². The number of fused-ring (bicyclic) bond motifs is 2. The number of allylic oxidation sites excluding steroid dienone is 4. The van der Waals surface area contributed by atoms with Gasteiger partial charge < -0.3 is 4.74 Å². The first kappa shape index (κ1) is 28.5. The fourth-order valence-electron chi connectivity index (χ4n) is 25.6. The fourth-order valence-corrected chi connectivity index (χ4v) is 25.6. The van der Waals surface area contributed by atoms with Crippen LogP contribution in [0.5, 0.6) is 0 Å². The molecule has 2 heteroatoms. The van der Waals surface area contributed by atoms with Gasteiger partial charge in [0.25, 0.3) is 0 Å². The third-order valence-electron chi connectivity index (χ3n) is 24.4. The molecule has 13 fully saturated rings. The molecule has 16 aliphatic rings. The molecule has 0 aliphatic heterocycles. The van der Waals surface area contributed by atoms with E-state index in [4.69, 9.17) is 4.74 Å². The van der Waals surface area contributed by atoms with E-state index >= 15 is 0 Å². The monoisotopic (exact) mass is 702 g/mol. The standard InChI is InChI=1S/C51H58O2/c1-53-29(52)8-5-11-51(26-6-3-2-4-7-26)28-10-9-19-12-20-13-21-14-22-15-24-16-23-17-25-18-27(28)37-42-33(25)32(23)39-34(24)38-30(22)31(21)40-35(20)41-36(19)50(51)49(37)48-46(41)44(40)43(38)45(39)47(42)48/h2-4,6-7,12,19,21,23-25,27-28,31-50H,5,8-11,13-18H2,1H3. The van der Waals surface area contributed by atoms with E-state index in [-0.39, 0.29) is 11.4 Å². The summed E-state index contributed by atoms with van der Waals surface area (Å²) >= 11 is 0. The zero-order valence-electron chi connectivity index (χ0n) is 31.6. The molecule has 274 valence electrons. The molecule has 1 aromatic rings. The molecular weight excluding hydrogens is 645 g/mol. The summed E-state index contributed by atoms with van der Waals surface area (Å²) in [5.74, 6) is 27.5. The Morgan fingerprint density at radius 2 is 1.38 bits per heavy atom. The maximum absolute atomic E-state index is 12.9. The Kier molecular flexibility index (Phi) is 4.68. The van der Waals surface area contributed by atoms with Gasteiger partial charge in [-0.3, -0.25) is 4.79 Å². The number of carbonyl (C=O) groups is 1. The largest absolute Gasteiger partial charge is 0.469 e. The van der Waals surface area contributed by atoms with Crippen molar-refractivity contribution in [3.63, 3.8) is 0 Å². The van der Waals surface area contributed by atoms with E-state index in [1.54, 1.807) is 38.4 Å². The van der Waals surface area contributed by atoms with Crippen molar-refractivity contribution in [2.75, 3.05) is 7.11 Å². The molecule has 16 aliphatic carbocycles. The van der Waals surface area contributed by atoms with Crippen molar-refractivity contribution in [3.8, 4) is 0 Å². The number of hydrogen-bond acceptors (Lipinski definition) is 2. The molecule has 0 radical (unpaired) electrons. The van der Waals surface area contributed by atoms with E-state index in [0.717, 1.165) is 166 Å². The highest BCUT2D eigenvalue weighted by Gasteiger charge is 2.87. The van der Waals surface area contributed by atoms with Gasteiger partial charge in [-0.2, -0.15) is 0 Å². The number of ether oxygens (including phenoxy) is 1. The van der Waals surface area contributed by atoms with Crippen LogP contribution in [0.2, 0.25) is 0 Å². The second-order valence-electron chi connectivity index (χ2n) is 23.8. The van der Waals surface area contributed by atoms with Crippen LogP contribution in [0, 0.1) is 160 Å². The van der Waals surface area contributed by atoms with Crippen molar-refractivity contribution in [1.82, 2.24) is 0 Å².